The van der Waals surface area contributed by atoms with Crippen molar-refractivity contribution in [2.24, 2.45) is 11.3 Å². The highest BCUT2D eigenvalue weighted by atomic mass is 32.2. The highest BCUT2D eigenvalue weighted by Crippen LogP contribution is 2.35. The van der Waals surface area contributed by atoms with Crippen molar-refractivity contribution in [1.82, 2.24) is 5.32 Å². The normalized spacial score (nSPS) is 35.9. The average molecular weight is 259 g/mol. The Bertz CT molecular complexity index is 362. The summed E-state index contributed by atoms with van der Waals surface area (Å²) in [6.07, 6.45) is 5.96. The van der Waals surface area contributed by atoms with Gasteiger partial charge in [0.05, 0.1) is 11.5 Å². The van der Waals surface area contributed by atoms with E-state index < -0.39 is 9.84 Å². The first-order valence-corrected chi connectivity index (χ1v) is 8.62. The van der Waals surface area contributed by atoms with E-state index in [-0.39, 0.29) is 0 Å². The van der Waals surface area contributed by atoms with Crippen molar-refractivity contribution in [1.29, 1.82) is 0 Å². The molecule has 3 nitrogen and oxygen atoms in total. The number of hydrogen-bond donors (Lipinski definition) is 1. The molecule has 0 radical (unpaired) electrons. The molecule has 1 aliphatic carbocycles. The molecule has 0 aromatic heterocycles. The average Bonchev–Trinajstić information content (AvgIpc) is 2.54. The van der Waals surface area contributed by atoms with E-state index in [1.165, 1.54) is 25.7 Å². The van der Waals surface area contributed by atoms with Gasteiger partial charge in [0.25, 0.3) is 0 Å². The molecule has 1 saturated carbocycles. The van der Waals surface area contributed by atoms with Gasteiger partial charge in [-0.05, 0) is 43.6 Å². The van der Waals surface area contributed by atoms with Gasteiger partial charge in [-0.1, -0.05) is 20.3 Å². The Balaban J connectivity index is 1.75. The molecule has 1 heterocycles. The third-order valence-electron chi connectivity index (χ3n) is 4.23. The fraction of sp³-hybridized carbons (Fsp3) is 1.00. The van der Waals surface area contributed by atoms with Crippen LogP contribution in [0.5, 0.6) is 0 Å². The van der Waals surface area contributed by atoms with Crippen molar-refractivity contribution in [2.75, 3.05) is 18.1 Å². The summed E-state index contributed by atoms with van der Waals surface area (Å²) >= 11 is 0. The fourth-order valence-electron chi connectivity index (χ4n) is 3.24. The lowest BCUT2D eigenvalue weighted by atomic mass is 9.75. The lowest BCUT2D eigenvalue weighted by Crippen LogP contribution is -2.39. The van der Waals surface area contributed by atoms with E-state index in [1.807, 2.05) is 0 Å². The van der Waals surface area contributed by atoms with Crippen LogP contribution in [-0.4, -0.2) is 32.5 Å². The molecule has 2 aliphatic rings. The van der Waals surface area contributed by atoms with Crippen LogP contribution in [0.2, 0.25) is 0 Å². The maximum atomic E-state index is 11.4. The van der Waals surface area contributed by atoms with Gasteiger partial charge in [-0.3, -0.25) is 0 Å². The summed E-state index contributed by atoms with van der Waals surface area (Å²) in [6, 6.07) is 0.599. The molecule has 2 rings (SSSR count). The van der Waals surface area contributed by atoms with E-state index >= 15 is 0 Å². The van der Waals surface area contributed by atoms with Crippen molar-refractivity contribution in [3.05, 3.63) is 0 Å². The van der Waals surface area contributed by atoms with Crippen LogP contribution >= 0.6 is 0 Å². The lowest BCUT2D eigenvalue weighted by molar-refractivity contribution is 0.195. The van der Waals surface area contributed by atoms with Crippen LogP contribution in [0.3, 0.4) is 0 Å². The Kier molecular flexibility index (Phi) is 3.83. The van der Waals surface area contributed by atoms with E-state index in [4.69, 9.17) is 0 Å². The highest BCUT2D eigenvalue weighted by Gasteiger charge is 2.30. The molecule has 2 fully saturated rings. The zero-order valence-corrected chi connectivity index (χ0v) is 11.9. The third kappa shape index (κ3) is 3.95. The van der Waals surface area contributed by atoms with E-state index in [0.717, 1.165) is 13.0 Å². The number of rotatable bonds is 3. The molecule has 0 aromatic rings. The second-order valence-corrected chi connectivity index (χ2v) is 8.86. The summed E-state index contributed by atoms with van der Waals surface area (Å²) in [7, 11) is -2.71. The quantitative estimate of drug-likeness (QED) is 0.843. The summed E-state index contributed by atoms with van der Waals surface area (Å²) in [5.74, 6) is 1.15. The number of nitrogens with one attached hydrogen (secondary N) is 1. The second-order valence-electron chi connectivity index (χ2n) is 6.63. The van der Waals surface area contributed by atoms with Gasteiger partial charge in [0.2, 0.25) is 0 Å². The molecule has 17 heavy (non-hydrogen) atoms. The summed E-state index contributed by atoms with van der Waals surface area (Å²) in [4.78, 5) is 0. The summed E-state index contributed by atoms with van der Waals surface area (Å²) in [5.41, 5.74) is 0.456. The molecular formula is C13H25NO2S. The van der Waals surface area contributed by atoms with Gasteiger partial charge in [-0.25, -0.2) is 8.42 Å². The van der Waals surface area contributed by atoms with E-state index in [0.29, 0.717) is 28.9 Å². The van der Waals surface area contributed by atoms with Crippen molar-refractivity contribution < 1.29 is 8.42 Å². The molecule has 0 bridgehead atoms. The van der Waals surface area contributed by atoms with Gasteiger partial charge in [0, 0.05) is 6.04 Å². The van der Waals surface area contributed by atoms with Crippen LogP contribution in [0.1, 0.15) is 46.0 Å². The van der Waals surface area contributed by atoms with Crippen LogP contribution in [0.25, 0.3) is 0 Å². The first-order chi connectivity index (χ1) is 7.86. The third-order valence-corrected chi connectivity index (χ3v) is 6.06. The van der Waals surface area contributed by atoms with Crippen molar-refractivity contribution in [2.45, 2.75) is 52.0 Å². The van der Waals surface area contributed by atoms with Gasteiger partial charge in [0.1, 0.15) is 0 Å². The summed E-state index contributed by atoms with van der Waals surface area (Å²) in [5, 5.41) is 3.59. The molecule has 2 unspecified atom stereocenters. The molecule has 0 amide bonds. The molecule has 1 N–H and O–H groups in total. The molecule has 1 aliphatic heterocycles. The monoisotopic (exact) mass is 259 g/mol. The van der Waals surface area contributed by atoms with Gasteiger partial charge >= 0.3 is 0 Å². The van der Waals surface area contributed by atoms with Crippen molar-refractivity contribution in [3.8, 4) is 0 Å². The zero-order chi connectivity index (χ0) is 12.5. The van der Waals surface area contributed by atoms with Crippen LogP contribution in [0, 0.1) is 11.3 Å². The van der Waals surface area contributed by atoms with Crippen LogP contribution in [0.15, 0.2) is 0 Å². The van der Waals surface area contributed by atoms with Gasteiger partial charge in [-0.2, -0.15) is 0 Å². The first kappa shape index (κ1) is 13.3. The van der Waals surface area contributed by atoms with Crippen molar-refractivity contribution >= 4 is 9.84 Å². The Morgan fingerprint density at radius 1 is 1.29 bits per heavy atom. The summed E-state index contributed by atoms with van der Waals surface area (Å²) < 4.78 is 22.7. The largest absolute Gasteiger partial charge is 0.314 e. The second kappa shape index (κ2) is 4.88. The van der Waals surface area contributed by atoms with Gasteiger partial charge < -0.3 is 5.32 Å². The summed E-state index contributed by atoms with van der Waals surface area (Å²) in [6.45, 7) is 5.56. The molecule has 1 saturated heterocycles. The van der Waals surface area contributed by atoms with Crippen LogP contribution in [0.4, 0.5) is 0 Å². The minimum Gasteiger partial charge on any atom is -0.314 e. The van der Waals surface area contributed by atoms with Gasteiger partial charge in [0.15, 0.2) is 9.84 Å². The predicted molar refractivity (Wildman–Crippen MR) is 70.8 cm³/mol. The van der Waals surface area contributed by atoms with E-state index in [1.54, 1.807) is 0 Å². The standard InChI is InChI=1S/C13H25NO2S/c1-13(2)6-3-4-12(8-13)14-9-11-5-7-17(15,16)10-11/h11-12,14H,3-10H2,1-2H3. The van der Waals surface area contributed by atoms with E-state index in [9.17, 15) is 8.42 Å². The van der Waals surface area contributed by atoms with Crippen LogP contribution in [-0.2, 0) is 9.84 Å². The minimum absolute atomic E-state index is 0.352. The molecule has 100 valence electrons. The molecule has 0 spiro atoms. The van der Waals surface area contributed by atoms with E-state index in [2.05, 4.69) is 19.2 Å². The SMILES string of the molecule is CC1(C)CCCC(NCC2CCS(=O)(=O)C2)C1. The number of hydrogen-bond acceptors (Lipinski definition) is 3. The molecule has 4 heteroatoms. The molecular weight excluding hydrogens is 234 g/mol. The van der Waals surface area contributed by atoms with Gasteiger partial charge in [-0.15, -0.1) is 0 Å². The molecule has 0 aromatic carbocycles. The smallest absolute Gasteiger partial charge is 0.150 e. The Morgan fingerprint density at radius 3 is 2.65 bits per heavy atom. The Hall–Kier alpha value is -0.0900. The zero-order valence-electron chi connectivity index (χ0n) is 11.0. The molecule has 2 atom stereocenters. The minimum atomic E-state index is -2.71. The van der Waals surface area contributed by atoms with Crippen molar-refractivity contribution in [3.63, 3.8) is 0 Å². The topological polar surface area (TPSA) is 46.2 Å². The fourth-order valence-corrected chi connectivity index (χ4v) is 5.10. The maximum absolute atomic E-state index is 11.4. The predicted octanol–water partition coefficient (Wildman–Crippen LogP) is 1.98. The van der Waals surface area contributed by atoms with Crippen LogP contribution < -0.4 is 5.32 Å². The lowest BCUT2D eigenvalue weighted by Gasteiger charge is -2.36. The first-order valence-electron chi connectivity index (χ1n) is 6.80. The maximum Gasteiger partial charge on any atom is 0.150 e. The number of sulfone groups is 1. The Labute approximate surface area is 105 Å². The highest BCUT2D eigenvalue weighted by molar-refractivity contribution is 7.91. The Morgan fingerprint density at radius 2 is 2.06 bits per heavy atom.